The summed E-state index contributed by atoms with van der Waals surface area (Å²) in [6.07, 6.45) is 0. The number of hydrogen-bond acceptors (Lipinski definition) is 2. The van der Waals surface area contributed by atoms with Gasteiger partial charge in [-0.05, 0) is 42.8 Å². The Morgan fingerprint density at radius 1 is 1.00 bits per heavy atom. The van der Waals surface area contributed by atoms with Gasteiger partial charge in [0.1, 0.15) is 11.6 Å². The molecule has 0 atom stereocenters. The molecule has 0 fully saturated rings. The number of hydrogen-bond donors (Lipinski definition) is 1. The minimum absolute atomic E-state index is 0.238. The van der Waals surface area contributed by atoms with Crippen LogP contribution in [0.1, 0.15) is 5.56 Å². The van der Waals surface area contributed by atoms with E-state index in [-0.39, 0.29) is 4.90 Å². The number of nitrogens with two attached hydrogens (primary N) is 1. The maximum absolute atomic E-state index is 13.5. The van der Waals surface area contributed by atoms with Crippen LogP contribution in [-0.2, 0) is 0 Å². The molecule has 0 spiro atoms. The number of rotatable bonds is 2. The molecule has 0 radical (unpaired) electrons. The summed E-state index contributed by atoms with van der Waals surface area (Å²) in [6.45, 7) is 1.92. The lowest BCUT2D eigenvalue weighted by Gasteiger charge is -2.07. The van der Waals surface area contributed by atoms with E-state index < -0.39 is 11.6 Å². The molecule has 4 heteroatoms. The summed E-state index contributed by atoms with van der Waals surface area (Å²) in [6, 6.07) is 8.87. The lowest BCUT2D eigenvalue weighted by Crippen LogP contribution is -1.90. The van der Waals surface area contributed by atoms with E-state index in [0.29, 0.717) is 5.69 Å². The Labute approximate surface area is 103 Å². The third-order valence-corrected chi connectivity index (χ3v) is 3.39. The van der Waals surface area contributed by atoms with Crippen molar-refractivity contribution in [1.29, 1.82) is 0 Å². The van der Waals surface area contributed by atoms with Crippen molar-refractivity contribution in [2.45, 2.75) is 16.7 Å². The van der Waals surface area contributed by atoms with Crippen LogP contribution in [0.2, 0.25) is 0 Å². The predicted octanol–water partition coefficient (Wildman–Crippen LogP) is 4.01. The third-order valence-electron chi connectivity index (χ3n) is 2.28. The molecule has 0 saturated heterocycles. The highest BCUT2D eigenvalue weighted by atomic mass is 32.2. The minimum atomic E-state index is -0.458. The molecule has 0 heterocycles. The van der Waals surface area contributed by atoms with E-state index in [2.05, 4.69) is 0 Å². The van der Waals surface area contributed by atoms with Crippen LogP contribution < -0.4 is 5.73 Å². The second-order valence-electron chi connectivity index (χ2n) is 3.72. The van der Waals surface area contributed by atoms with Crippen LogP contribution in [0, 0.1) is 18.6 Å². The summed E-state index contributed by atoms with van der Waals surface area (Å²) in [4.78, 5) is 0.969. The molecule has 0 aromatic heterocycles. The highest BCUT2D eigenvalue weighted by Crippen LogP contribution is 2.34. The fourth-order valence-electron chi connectivity index (χ4n) is 1.40. The van der Waals surface area contributed by atoms with Crippen molar-refractivity contribution in [3.63, 3.8) is 0 Å². The first-order chi connectivity index (χ1) is 8.06. The highest BCUT2D eigenvalue weighted by molar-refractivity contribution is 7.99. The molecule has 2 rings (SSSR count). The van der Waals surface area contributed by atoms with Crippen molar-refractivity contribution in [2.24, 2.45) is 0 Å². The first-order valence-corrected chi connectivity index (χ1v) is 5.87. The number of anilines is 1. The lowest BCUT2D eigenvalue weighted by molar-refractivity contribution is 0.577. The zero-order valence-electron chi connectivity index (χ0n) is 9.21. The van der Waals surface area contributed by atoms with E-state index >= 15 is 0 Å². The Balaban J connectivity index is 2.37. The smallest absolute Gasteiger partial charge is 0.137 e. The fraction of sp³-hybridized carbons (Fsp3) is 0.0769. The largest absolute Gasteiger partial charge is 0.398 e. The maximum atomic E-state index is 13.5. The molecule has 17 heavy (non-hydrogen) atoms. The van der Waals surface area contributed by atoms with E-state index in [9.17, 15) is 8.78 Å². The van der Waals surface area contributed by atoms with Gasteiger partial charge in [0.2, 0.25) is 0 Å². The van der Waals surface area contributed by atoms with Gasteiger partial charge in [0, 0.05) is 10.6 Å². The number of benzene rings is 2. The molecular formula is C13H11F2NS. The van der Waals surface area contributed by atoms with E-state index in [0.717, 1.165) is 34.4 Å². The van der Waals surface area contributed by atoms with Gasteiger partial charge < -0.3 is 5.73 Å². The van der Waals surface area contributed by atoms with Crippen LogP contribution in [0.25, 0.3) is 0 Å². The van der Waals surface area contributed by atoms with Crippen LogP contribution >= 0.6 is 11.8 Å². The van der Waals surface area contributed by atoms with Gasteiger partial charge >= 0.3 is 0 Å². The zero-order valence-corrected chi connectivity index (χ0v) is 10.0. The summed E-state index contributed by atoms with van der Waals surface area (Å²) in [7, 11) is 0. The van der Waals surface area contributed by atoms with E-state index in [4.69, 9.17) is 5.73 Å². The molecule has 0 unspecified atom stereocenters. The molecular weight excluding hydrogens is 240 g/mol. The second-order valence-corrected chi connectivity index (χ2v) is 4.80. The quantitative estimate of drug-likeness (QED) is 0.816. The van der Waals surface area contributed by atoms with Gasteiger partial charge in [-0.15, -0.1) is 0 Å². The predicted molar refractivity (Wildman–Crippen MR) is 66.1 cm³/mol. The molecule has 2 N–H and O–H groups in total. The van der Waals surface area contributed by atoms with Gasteiger partial charge in [0.15, 0.2) is 0 Å². The van der Waals surface area contributed by atoms with Gasteiger partial charge in [0.25, 0.3) is 0 Å². The van der Waals surface area contributed by atoms with Crippen LogP contribution in [0.3, 0.4) is 0 Å². The topological polar surface area (TPSA) is 26.0 Å². The van der Waals surface area contributed by atoms with Crippen LogP contribution in [0.4, 0.5) is 14.5 Å². The summed E-state index contributed by atoms with van der Waals surface area (Å²) in [5, 5.41) is 0. The molecule has 1 nitrogen and oxygen atoms in total. The number of nitrogen functional groups attached to an aromatic ring is 1. The molecule has 0 aliphatic heterocycles. The Kier molecular flexibility index (Phi) is 3.33. The van der Waals surface area contributed by atoms with Crippen molar-refractivity contribution in [1.82, 2.24) is 0 Å². The molecule has 2 aromatic carbocycles. The molecule has 0 aliphatic carbocycles. The fourth-order valence-corrected chi connectivity index (χ4v) is 2.41. The minimum Gasteiger partial charge on any atom is -0.398 e. The van der Waals surface area contributed by atoms with Crippen molar-refractivity contribution in [3.8, 4) is 0 Å². The Morgan fingerprint density at radius 2 is 1.76 bits per heavy atom. The van der Waals surface area contributed by atoms with Gasteiger partial charge in [0.05, 0.1) is 4.90 Å². The highest BCUT2D eigenvalue weighted by Gasteiger charge is 2.08. The Hall–Kier alpha value is -1.55. The molecule has 88 valence electrons. The molecule has 0 bridgehead atoms. The normalized spacial score (nSPS) is 10.5. The van der Waals surface area contributed by atoms with Gasteiger partial charge in [-0.25, -0.2) is 8.78 Å². The van der Waals surface area contributed by atoms with Crippen molar-refractivity contribution in [2.75, 3.05) is 5.73 Å². The summed E-state index contributed by atoms with van der Waals surface area (Å²) in [5.74, 6) is -0.905. The Bertz CT molecular complexity index is 506. The third kappa shape index (κ3) is 2.77. The average Bonchev–Trinajstić information content (AvgIpc) is 2.28. The van der Waals surface area contributed by atoms with E-state index in [1.165, 1.54) is 6.07 Å². The van der Waals surface area contributed by atoms with Crippen LogP contribution in [-0.4, -0.2) is 0 Å². The van der Waals surface area contributed by atoms with Gasteiger partial charge in [-0.1, -0.05) is 17.8 Å². The lowest BCUT2D eigenvalue weighted by atomic mass is 10.2. The molecule has 2 aromatic rings. The average molecular weight is 251 g/mol. The second kappa shape index (κ2) is 4.75. The number of aryl methyl sites for hydroxylation is 1. The van der Waals surface area contributed by atoms with Crippen LogP contribution in [0.15, 0.2) is 46.2 Å². The molecule has 0 saturated carbocycles. The summed E-state index contributed by atoms with van der Waals surface area (Å²) in [5.41, 5.74) is 7.37. The SMILES string of the molecule is Cc1ccc(N)c(Sc2cc(F)ccc2F)c1. The summed E-state index contributed by atoms with van der Waals surface area (Å²) < 4.78 is 26.5. The summed E-state index contributed by atoms with van der Waals surface area (Å²) >= 11 is 1.13. The van der Waals surface area contributed by atoms with Gasteiger partial charge in [-0.3, -0.25) is 0 Å². The monoisotopic (exact) mass is 251 g/mol. The first kappa shape index (κ1) is 11.9. The van der Waals surface area contributed by atoms with Crippen molar-refractivity contribution < 1.29 is 8.78 Å². The van der Waals surface area contributed by atoms with E-state index in [1.54, 1.807) is 6.07 Å². The van der Waals surface area contributed by atoms with Gasteiger partial charge in [-0.2, -0.15) is 0 Å². The van der Waals surface area contributed by atoms with E-state index in [1.807, 2.05) is 19.1 Å². The standard InChI is InChI=1S/C13H11F2NS/c1-8-2-5-11(16)13(6-8)17-12-7-9(14)3-4-10(12)15/h2-7H,16H2,1H3. The first-order valence-electron chi connectivity index (χ1n) is 5.05. The molecule has 0 amide bonds. The van der Waals surface area contributed by atoms with Crippen molar-refractivity contribution >= 4 is 17.4 Å². The zero-order chi connectivity index (χ0) is 12.4. The number of halogens is 2. The Morgan fingerprint density at radius 3 is 2.53 bits per heavy atom. The maximum Gasteiger partial charge on any atom is 0.137 e. The van der Waals surface area contributed by atoms with Crippen molar-refractivity contribution in [3.05, 3.63) is 53.6 Å². The molecule has 0 aliphatic rings. The van der Waals surface area contributed by atoms with Crippen LogP contribution in [0.5, 0.6) is 0 Å².